The summed E-state index contributed by atoms with van der Waals surface area (Å²) in [7, 11) is 1.56. The molecule has 0 bridgehead atoms. The molecule has 1 N–H and O–H groups in total. The average Bonchev–Trinajstić information content (AvgIpc) is 2.33. The highest BCUT2D eigenvalue weighted by Gasteiger charge is 2.31. The summed E-state index contributed by atoms with van der Waals surface area (Å²) in [5.41, 5.74) is 0.693. The van der Waals surface area contributed by atoms with Crippen LogP contribution >= 0.6 is 0 Å². The zero-order valence-corrected chi connectivity index (χ0v) is 11.1. The maximum absolute atomic E-state index is 12.2. The Bertz CT molecular complexity index is 396. The van der Waals surface area contributed by atoms with Crippen LogP contribution in [0.5, 0.6) is 5.75 Å². The fraction of sp³-hybridized carbons (Fsp3) is 0.538. The minimum Gasteiger partial charge on any atom is -0.406 e. The molecular formula is C13H18F3NO2. The molecule has 108 valence electrons. The summed E-state index contributed by atoms with van der Waals surface area (Å²) in [4.78, 5) is 0. The molecule has 1 aromatic rings. The number of hydrogen-bond donors (Lipinski definition) is 1. The van der Waals surface area contributed by atoms with Gasteiger partial charge in [-0.1, -0.05) is 19.1 Å². The highest BCUT2D eigenvalue weighted by Crippen LogP contribution is 2.27. The Morgan fingerprint density at radius 3 is 2.53 bits per heavy atom. The minimum atomic E-state index is -4.68. The van der Waals surface area contributed by atoms with Crippen molar-refractivity contribution in [3.05, 3.63) is 29.8 Å². The van der Waals surface area contributed by atoms with Crippen molar-refractivity contribution in [1.29, 1.82) is 0 Å². The van der Waals surface area contributed by atoms with Crippen LogP contribution < -0.4 is 10.1 Å². The molecule has 0 heterocycles. The molecule has 0 aliphatic rings. The standard InChI is InChI=1S/C13H18F3NO2/c1-4-17-12(9(2)18-3)10-6-5-7-11(8-10)19-13(14,15)16/h5-9,12,17H,4H2,1-3H3. The minimum absolute atomic E-state index is 0.166. The van der Waals surface area contributed by atoms with E-state index in [1.165, 1.54) is 18.2 Å². The van der Waals surface area contributed by atoms with Crippen LogP contribution in [0.4, 0.5) is 13.2 Å². The Morgan fingerprint density at radius 2 is 2.00 bits per heavy atom. The van der Waals surface area contributed by atoms with Crippen LogP contribution in [-0.4, -0.2) is 26.1 Å². The maximum atomic E-state index is 12.2. The number of rotatable bonds is 6. The quantitative estimate of drug-likeness (QED) is 0.865. The molecule has 0 aromatic heterocycles. The number of likely N-dealkylation sites (N-methyl/N-ethyl adjacent to an activating group) is 1. The van der Waals surface area contributed by atoms with Crippen LogP contribution in [0.15, 0.2) is 24.3 Å². The number of alkyl halides is 3. The first kappa shape index (κ1) is 15.8. The van der Waals surface area contributed by atoms with E-state index in [0.29, 0.717) is 12.1 Å². The summed E-state index contributed by atoms with van der Waals surface area (Å²) in [5, 5.41) is 3.18. The Hall–Kier alpha value is -1.27. The van der Waals surface area contributed by atoms with Gasteiger partial charge in [0.2, 0.25) is 0 Å². The van der Waals surface area contributed by atoms with Crippen LogP contribution in [-0.2, 0) is 4.74 Å². The van der Waals surface area contributed by atoms with Gasteiger partial charge < -0.3 is 14.8 Å². The number of halogens is 3. The lowest BCUT2D eigenvalue weighted by atomic mass is 10.0. The molecule has 1 aromatic carbocycles. The highest BCUT2D eigenvalue weighted by molar-refractivity contribution is 5.31. The first-order valence-electron chi connectivity index (χ1n) is 5.99. The fourth-order valence-electron chi connectivity index (χ4n) is 1.82. The van der Waals surface area contributed by atoms with E-state index in [4.69, 9.17) is 4.74 Å². The van der Waals surface area contributed by atoms with E-state index >= 15 is 0 Å². The summed E-state index contributed by atoms with van der Waals surface area (Å²) >= 11 is 0. The number of benzene rings is 1. The van der Waals surface area contributed by atoms with E-state index in [1.54, 1.807) is 13.2 Å². The van der Waals surface area contributed by atoms with Gasteiger partial charge in [-0.3, -0.25) is 0 Å². The topological polar surface area (TPSA) is 30.5 Å². The Kier molecular flexibility index (Phi) is 5.62. The van der Waals surface area contributed by atoms with Crippen molar-refractivity contribution < 1.29 is 22.6 Å². The molecule has 2 unspecified atom stereocenters. The number of methoxy groups -OCH3 is 1. The van der Waals surface area contributed by atoms with E-state index in [9.17, 15) is 13.2 Å². The molecule has 19 heavy (non-hydrogen) atoms. The van der Waals surface area contributed by atoms with Crippen LogP contribution in [0.2, 0.25) is 0 Å². The molecule has 0 amide bonds. The second kappa shape index (κ2) is 6.77. The molecule has 2 atom stereocenters. The predicted molar refractivity (Wildman–Crippen MR) is 66.0 cm³/mol. The number of nitrogens with one attached hydrogen (secondary N) is 1. The Labute approximate surface area is 110 Å². The monoisotopic (exact) mass is 277 g/mol. The lowest BCUT2D eigenvalue weighted by Gasteiger charge is -2.24. The van der Waals surface area contributed by atoms with E-state index in [2.05, 4.69) is 10.1 Å². The molecule has 0 aliphatic carbocycles. The van der Waals surface area contributed by atoms with Crippen molar-refractivity contribution in [2.75, 3.05) is 13.7 Å². The third-order valence-corrected chi connectivity index (χ3v) is 2.72. The fourth-order valence-corrected chi connectivity index (χ4v) is 1.82. The third kappa shape index (κ3) is 5.08. The third-order valence-electron chi connectivity index (χ3n) is 2.72. The van der Waals surface area contributed by atoms with Gasteiger partial charge in [0.25, 0.3) is 0 Å². The smallest absolute Gasteiger partial charge is 0.406 e. The highest BCUT2D eigenvalue weighted by atomic mass is 19.4. The van der Waals surface area contributed by atoms with Gasteiger partial charge in [-0.25, -0.2) is 0 Å². The summed E-state index contributed by atoms with van der Waals surface area (Å²) in [6, 6.07) is 5.73. The average molecular weight is 277 g/mol. The Morgan fingerprint density at radius 1 is 1.32 bits per heavy atom. The van der Waals surface area contributed by atoms with Gasteiger partial charge in [-0.05, 0) is 31.2 Å². The Balaban J connectivity index is 2.94. The van der Waals surface area contributed by atoms with Crippen molar-refractivity contribution >= 4 is 0 Å². The lowest BCUT2D eigenvalue weighted by molar-refractivity contribution is -0.274. The molecule has 0 saturated carbocycles. The molecule has 0 spiro atoms. The normalized spacial score (nSPS) is 15.1. The van der Waals surface area contributed by atoms with Crippen LogP contribution in [0, 0.1) is 0 Å². The van der Waals surface area contributed by atoms with Gasteiger partial charge in [0.1, 0.15) is 5.75 Å². The van der Waals surface area contributed by atoms with E-state index < -0.39 is 6.36 Å². The maximum Gasteiger partial charge on any atom is 0.573 e. The van der Waals surface area contributed by atoms with Crippen molar-refractivity contribution in [3.63, 3.8) is 0 Å². The van der Waals surface area contributed by atoms with Gasteiger partial charge in [0.15, 0.2) is 0 Å². The summed E-state index contributed by atoms with van der Waals surface area (Å²) in [6.45, 7) is 4.46. The second-order valence-electron chi connectivity index (χ2n) is 4.10. The van der Waals surface area contributed by atoms with E-state index in [-0.39, 0.29) is 17.9 Å². The molecule has 1 rings (SSSR count). The molecular weight excluding hydrogens is 259 g/mol. The van der Waals surface area contributed by atoms with E-state index in [0.717, 1.165) is 0 Å². The summed E-state index contributed by atoms with van der Waals surface area (Å²) in [6.07, 6.45) is -4.85. The SMILES string of the molecule is CCNC(c1cccc(OC(F)(F)F)c1)C(C)OC. The number of ether oxygens (including phenoxy) is 2. The van der Waals surface area contributed by atoms with Gasteiger partial charge >= 0.3 is 6.36 Å². The largest absolute Gasteiger partial charge is 0.573 e. The number of hydrogen-bond acceptors (Lipinski definition) is 3. The summed E-state index contributed by atoms with van der Waals surface area (Å²) < 4.78 is 45.7. The first-order chi connectivity index (χ1) is 8.87. The van der Waals surface area contributed by atoms with Crippen molar-refractivity contribution in [2.45, 2.75) is 32.4 Å². The lowest BCUT2D eigenvalue weighted by Crippen LogP contribution is -2.31. The van der Waals surface area contributed by atoms with Gasteiger partial charge in [-0.2, -0.15) is 0 Å². The van der Waals surface area contributed by atoms with Crippen molar-refractivity contribution in [1.82, 2.24) is 5.32 Å². The molecule has 0 aliphatic heterocycles. The zero-order valence-electron chi connectivity index (χ0n) is 11.1. The van der Waals surface area contributed by atoms with Crippen LogP contribution in [0.25, 0.3) is 0 Å². The van der Waals surface area contributed by atoms with Gasteiger partial charge in [-0.15, -0.1) is 13.2 Å². The first-order valence-corrected chi connectivity index (χ1v) is 5.99. The summed E-state index contributed by atoms with van der Waals surface area (Å²) in [5.74, 6) is -0.226. The van der Waals surface area contributed by atoms with Crippen molar-refractivity contribution in [3.8, 4) is 5.75 Å². The van der Waals surface area contributed by atoms with Gasteiger partial charge in [0.05, 0.1) is 12.1 Å². The predicted octanol–water partition coefficient (Wildman–Crippen LogP) is 3.27. The molecule has 0 fully saturated rings. The zero-order chi connectivity index (χ0) is 14.5. The molecule has 0 saturated heterocycles. The second-order valence-corrected chi connectivity index (χ2v) is 4.10. The molecule has 3 nitrogen and oxygen atoms in total. The van der Waals surface area contributed by atoms with E-state index in [1.807, 2.05) is 13.8 Å². The van der Waals surface area contributed by atoms with Gasteiger partial charge in [0, 0.05) is 7.11 Å². The van der Waals surface area contributed by atoms with Crippen LogP contribution in [0.3, 0.4) is 0 Å². The molecule has 6 heteroatoms. The van der Waals surface area contributed by atoms with Crippen molar-refractivity contribution in [2.24, 2.45) is 0 Å². The molecule has 0 radical (unpaired) electrons. The van der Waals surface area contributed by atoms with Crippen LogP contribution in [0.1, 0.15) is 25.5 Å².